The summed E-state index contributed by atoms with van der Waals surface area (Å²) in [5, 5.41) is 5.79. The largest absolute Gasteiger partial charge is 0.488 e. The molecule has 152 valence electrons. The van der Waals surface area contributed by atoms with Gasteiger partial charge in [-0.1, -0.05) is 3.89 Å². The van der Waals surface area contributed by atoms with Crippen LogP contribution in [0.5, 0.6) is 5.75 Å². The predicted octanol–water partition coefficient (Wildman–Crippen LogP) is 2.34. The van der Waals surface area contributed by atoms with Gasteiger partial charge in [0.25, 0.3) is 0 Å². The van der Waals surface area contributed by atoms with Crippen LogP contribution in [0.1, 0.15) is 31.9 Å². The molecule has 10 heteroatoms. The lowest BCUT2D eigenvalue weighted by atomic mass is 10.1. The van der Waals surface area contributed by atoms with Crippen molar-refractivity contribution < 1.29 is 26.0 Å². The highest BCUT2D eigenvalue weighted by Crippen LogP contribution is 2.30. The van der Waals surface area contributed by atoms with Gasteiger partial charge in [-0.05, 0) is 44.9 Å². The SMILES string of the molecule is Cc1c(CN2CCNCC2)cc(NC(=O)OC(C)(C)C)cc1OS(=O)(=O)F. The third-order valence-electron chi connectivity index (χ3n) is 3.91. The van der Waals surface area contributed by atoms with E-state index in [9.17, 15) is 17.1 Å². The van der Waals surface area contributed by atoms with Crippen molar-refractivity contribution in [2.45, 2.75) is 39.8 Å². The Labute approximate surface area is 159 Å². The fraction of sp³-hybridized carbons (Fsp3) is 0.588. The summed E-state index contributed by atoms with van der Waals surface area (Å²) in [5.41, 5.74) is 0.785. The second kappa shape index (κ2) is 8.41. The average Bonchev–Trinajstić information content (AvgIpc) is 2.49. The summed E-state index contributed by atoms with van der Waals surface area (Å²) in [6.07, 6.45) is -0.700. The number of carbonyl (C=O) groups is 1. The van der Waals surface area contributed by atoms with Crippen LogP contribution in [0.25, 0.3) is 0 Å². The lowest BCUT2D eigenvalue weighted by Crippen LogP contribution is -2.43. The van der Waals surface area contributed by atoms with E-state index in [0.29, 0.717) is 12.1 Å². The van der Waals surface area contributed by atoms with E-state index < -0.39 is 22.2 Å². The van der Waals surface area contributed by atoms with Gasteiger partial charge in [0.1, 0.15) is 5.60 Å². The van der Waals surface area contributed by atoms with Crippen molar-refractivity contribution in [3.8, 4) is 5.75 Å². The molecule has 0 aliphatic carbocycles. The minimum absolute atomic E-state index is 0.170. The van der Waals surface area contributed by atoms with Crippen LogP contribution in [0.15, 0.2) is 12.1 Å². The van der Waals surface area contributed by atoms with Gasteiger partial charge in [0, 0.05) is 44.5 Å². The van der Waals surface area contributed by atoms with Gasteiger partial charge < -0.3 is 14.2 Å². The minimum Gasteiger partial charge on any atom is -0.444 e. The van der Waals surface area contributed by atoms with Crippen molar-refractivity contribution in [1.82, 2.24) is 10.2 Å². The number of benzene rings is 1. The van der Waals surface area contributed by atoms with Gasteiger partial charge >= 0.3 is 16.6 Å². The zero-order valence-electron chi connectivity index (χ0n) is 16.0. The Morgan fingerprint density at radius 1 is 1.30 bits per heavy atom. The van der Waals surface area contributed by atoms with E-state index >= 15 is 0 Å². The summed E-state index contributed by atoms with van der Waals surface area (Å²) >= 11 is 0. The van der Waals surface area contributed by atoms with Gasteiger partial charge in [0.2, 0.25) is 0 Å². The van der Waals surface area contributed by atoms with E-state index in [0.717, 1.165) is 31.7 Å². The van der Waals surface area contributed by atoms with Crippen LogP contribution in [0.4, 0.5) is 14.4 Å². The topological polar surface area (TPSA) is 97.0 Å². The summed E-state index contributed by atoms with van der Waals surface area (Å²) < 4.78 is 44.7. The Kier molecular flexibility index (Phi) is 6.66. The lowest BCUT2D eigenvalue weighted by Gasteiger charge is -2.28. The van der Waals surface area contributed by atoms with E-state index in [1.54, 1.807) is 33.8 Å². The molecule has 0 bridgehead atoms. The maximum atomic E-state index is 13.1. The van der Waals surface area contributed by atoms with Crippen LogP contribution < -0.4 is 14.8 Å². The van der Waals surface area contributed by atoms with Gasteiger partial charge in [-0.3, -0.25) is 10.2 Å². The molecule has 1 aliphatic rings. The Hall–Kier alpha value is -1.91. The molecule has 27 heavy (non-hydrogen) atoms. The Bertz CT molecular complexity index is 786. The van der Waals surface area contributed by atoms with Crippen molar-refractivity contribution >= 4 is 22.3 Å². The predicted molar refractivity (Wildman–Crippen MR) is 99.8 cm³/mol. The number of nitrogens with one attached hydrogen (secondary N) is 2. The summed E-state index contributed by atoms with van der Waals surface area (Å²) in [5.74, 6) is -0.170. The highest BCUT2D eigenvalue weighted by molar-refractivity contribution is 7.81. The van der Waals surface area contributed by atoms with Crippen molar-refractivity contribution in [2.75, 3.05) is 31.5 Å². The molecule has 0 spiro atoms. The molecular weight excluding hydrogens is 377 g/mol. The number of halogens is 1. The first-order chi connectivity index (χ1) is 12.4. The molecule has 1 aromatic carbocycles. The number of carbonyl (C=O) groups excluding carboxylic acids is 1. The zero-order valence-corrected chi connectivity index (χ0v) is 16.8. The summed E-state index contributed by atoms with van der Waals surface area (Å²) in [4.78, 5) is 14.2. The molecule has 1 aromatic rings. The molecule has 0 saturated carbocycles. The van der Waals surface area contributed by atoms with Crippen molar-refractivity contribution in [3.05, 3.63) is 23.3 Å². The van der Waals surface area contributed by atoms with Crippen LogP contribution in [-0.2, 0) is 21.8 Å². The van der Waals surface area contributed by atoms with Gasteiger partial charge in [-0.2, -0.15) is 8.42 Å². The number of anilines is 1. The molecule has 2 N–H and O–H groups in total. The number of rotatable bonds is 5. The molecule has 1 fully saturated rings. The van der Waals surface area contributed by atoms with Crippen LogP contribution in [0.2, 0.25) is 0 Å². The zero-order chi connectivity index (χ0) is 20.2. The molecule has 1 heterocycles. The molecule has 0 unspecified atom stereocenters. The molecule has 1 amide bonds. The highest BCUT2D eigenvalue weighted by atomic mass is 32.3. The Morgan fingerprint density at radius 2 is 1.93 bits per heavy atom. The third-order valence-corrected chi connectivity index (χ3v) is 4.28. The van der Waals surface area contributed by atoms with Gasteiger partial charge in [0.05, 0.1) is 0 Å². The second-order valence-electron chi connectivity index (χ2n) is 7.39. The van der Waals surface area contributed by atoms with Crippen molar-refractivity contribution in [1.29, 1.82) is 0 Å². The lowest BCUT2D eigenvalue weighted by molar-refractivity contribution is 0.0636. The van der Waals surface area contributed by atoms with E-state index in [1.165, 1.54) is 6.07 Å². The summed E-state index contributed by atoms with van der Waals surface area (Å²) in [6.45, 7) is 10.7. The van der Waals surface area contributed by atoms with E-state index in [2.05, 4.69) is 19.7 Å². The number of nitrogens with zero attached hydrogens (tertiary/aromatic N) is 1. The van der Waals surface area contributed by atoms with Crippen molar-refractivity contribution in [3.63, 3.8) is 0 Å². The smallest absolute Gasteiger partial charge is 0.444 e. The fourth-order valence-electron chi connectivity index (χ4n) is 2.71. The molecule has 0 aromatic heterocycles. The van der Waals surface area contributed by atoms with Crippen LogP contribution in [0.3, 0.4) is 0 Å². The number of amides is 1. The highest BCUT2D eigenvalue weighted by Gasteiger charge is 2.21. The first-order valence-electron chi connectivity index (χ1n) is 8.63. The standard InChI is InChI=1S/C17H26FN3O5S/c1-12-13(11-21-7-5-19-6-8-21)9-14(10-15(12)26-27(18,23)24)20-16(22)25-17(2,3)4/h9-10,19H,5-8,11H2,1-4H3,(H,20,22). The Balaban J connectivity index is 2.30. The first-order valence-corrected chi connectivity index (χ1v) is 9.94. The number of hydrogen-bond acceptors (Lipinski definition) is 7. The van der Waals surface area contributed by atoms with Crippen LogP contribution >= 0.6 is 0 Å². The molecule has 1 saturated heterocycles. The van der Waals surface area contributed by atoms with E-state index in [1.807, 2.05) is 0 Å². The van der Waals surface area contributed by atoms with E-state index in [4.69, 9.17) is 4.74 Å². The van der Waals surface area contributed by atoms with Crippen LogP contribution in [0, 0.1) is 6.92 Å². The first kappa shape index (κ1) is 21.4. The van der Waals surface area contributed by atoms with Crippen LogP contribution in [-0.4, -0.2) is 51.2 Å². The van der Waals surface area contributed by atoms with Gasteiger partial charge in [0.15, 0.2) is 5.75 Å². The molecule has 8 nitrogen and oxygen atoms in total. The summed E-state index contributed by atoms with van der Waals surface area (Å²) in [6, 6.07) is 2.97. The van der Waals surface area contributed by atoms with E-state index in [-0.39, 0.29) is 11.4 Å². The monoisotopic (exact) mass is 403 g/mol. The molecule has 2 rings (SSSR count). The quantitative estimate of drug-likeness (QED) is 0.729. The summed E-state index contributed by atoms with van der Waals surface area (Å²) in [7, 11) is -5.19. The molecule has 0 atom stereocenters. The van der Waals surface area contributed by atoms with Crippen molar-refractivity contribution in [2.24, 2.45) is 0 Å². The number of piperazine rings is 1. The number of hydrogen-bond donors (Lipinski definition) is 2. The van der Waals surface area contributed by atoms with Gasteiger partial charge in [-0.15, -0.1) is 0 Å². The van der Waals surface area contributed by atoms with Gasteiger partial charge in [-0.25, -0.2) is 4.79 Å². The number of ether oxygens (including phenoxy) is 1. The normalized spacial score (nSPS) is 16.0. The molecule has 0 radical (unpaired) electrons. The Morgan fingerprint density at radius 3 is 2.48 bits per heavy atom. The second-order valence-corrected chi connectivity index (χ2v) is 8.34. The average molecular weight is 403 g/mol. The minimum atomic E-state index is -5.19. The fourth-order valence-corrected chi connectivity index (χ4v) is 3.09. The molecule has 1 aliphatic heterocycles. The maximum Gasteiger partial charge on any atom is 0.488 e. The maximum absolute atomic E-state index is 13.1. The third kappa shape index (κ3) is 7.31. The molecular formula is C17H26FN3O5S.